The minimum Gasteiger partial charge on any atom is -0.345 e. The highest BCUT2D eigenvalue weighted by molar-refractivity contribution is 6.76. The summed E-state index contributed by atoms with van der Waals surface area (Å²) in [5.74, 6) is 2.38. The van der Waals surface area contributed by atoms with E-state index in [1.807, 2.05) is 11.9 Å². The zero-order valence-electron chi connectivity index (χ0n) is 10.1. The van der Waals surface area contributed by atoms with Crippen molar-refractivity contribution in [3.8, 4) is 0 Å². The van der Waals surface area contributed by atoms with E-state index < -0.39 is 8.07 Å². The fraction of sp³-hybridized carbons (Fsp3) is 0.818. The molecule has 0 N–H and O–H groups in total. The van der Waals surface area contributed by atoms with Crippen molar-refractivity contribution in [2.75, 3.05) is 13.6 Å². The van der Waals surface area contributed by atoms with Gasteiger partial charge < -0.3 is 4.90 Å². The number of hydrogen-bond donors (Lipinski definition) is 0. The average Bonchev–Trinajstić information content (AvgIpc) is 2.28. The van der Waals surface area contributed by atoms with Gasteiger partial charge in [-0.15, -0.1) is 0 Å². The van der Waals surface area contributed by atoms with Crippen molar-refractivity contribution in [3.05, 3.63) is 5.92 Å². The molecule has 1 aliphatic rings. The van der Waals surface area contributed by atoms with Gasteiger partial charge in [-0.1, -0.05) is 32.6 Å². The maximum atomic E-state index is 11.4. The third-order valence-electron chi connectivity index (χ3n) is 2.85. The number of amides is 1. The summed E-state index contributed by atoms with van der Waals surface area (Å²) < 4.78 is 0. The van der Waals surface area contributed by atoms with E-state index in [-0.39, 0.29) is 0 Å². The van der Waals surface area contributed by atoms with Crippen LogP contribution >= 0.6 is 0 Å². The molecule has 1 atom stereocenters. The van der Waals surface area contributed by atoms with Crippen molar-refractivity contribution in [2.45, 2.75) is 39.0 Å². The normalized spacial score (nSPS) is 23.7. The summed E-state index contributed by atoms with van der Waals surface area (Å²) in [6.45, 7) is 10.3. The van der Waals surface area contributed by atoms with Gasteiger partial charge in [0.15, 0.2) is 0 Å². The molecule has 1 amide bonds. The molecule has 81 valence electrons. The summed E-state index contributed by atoms with van der Waals surface area (Å²) in [4.78, 5) is 13.2. The molecule has 0 bridgehead atoms. The molecular weight excluding hydrogens is 190 g/mol. The van der Waals surface area contributed by atoms with Crippen molar-refractivity contribution in [2.24, 2.45) is 5.92 Å². The Morgan fingerprint density at radius 2 is 2.07 bits per heavy atom. The molecule has 1 radical (unpaired) electrons. The van der Waals surface area contributed by atoms with Crippen molar-refractivity contribution < 1.29 is 4.79 Å². The third kappa shape index (κ3) is 3.12. The number of nitrogens with zero attached hydrogens (tertiary/aromatic N) is 1. The van der Waals surface area contributed by atoms with Crippen LogP contribution in [0.15, 0.2) is 0 Å². The lowest BCUT2D eigenvalue weighted by Crippen LogP contribution is -2.26. The van der Waals surface area contributed by atoms with Gasteiger partial charge in [-0.2, -0.15) is 0 Å². The van der Waals surface area contributed by atoms with E-state index in [1.54, 1.807) is 5.92 Å². The van der Waals surface area contributed by atoms with Crippen LogP contribution in [0, 0.1) is 11.8 Å². The summed E-state index contributed by atoms with van der Waals surface area (Å²) in [5, 5.41) is 0. The standard InChI is InChI=1S/C11H22NOSi/c1-9(8-14(3,4)5)10-6-11(13)12(2)7-10/h10H,6-8H2,1-5H3. The Kier molecular flexibility index (Phi) is 3.40. The van der Waals surface area contributed by atoms with Crippen LogP contribution in [0.4, 0.5) is 0 Å². The van der Waals surface area contributed by atoms with Crippen molar-refractivity contribution in [1.82, 2.24) is 4.90 Å². The van der Waals surface area contributed by atoms with Crippen LogP contribution in [-0.2, 0) is 4.79 Å². The zero-order chi connectivity index (χ0) is 10.9. The molecule has 0 aromatic carbocycles. The predicted molar refractivity (Wildman–Crippen MR) is 62.8 cm³/mol. The van der Waals surface area contributed by atoms with Crippen LogP contribution in [0.25, 0.3) is 0 Å². The minimum atomic E-state index is -0.999. The summed E-state index contributed by atoms with van der Waals surface area (Å²) in [5.41, 5.74) is 0. The molecule has 0 aromatic rings. The van der Waals surface area contributed by atoms with E-state index in [2.05, 4.69) is 26.6 Å². The molecule has 0 aromatic heterocycles. The second-order valence-corrected chi connectivity index (χ2v) is 11.2. The Morgan fingerprint density at radius 3 is 2.43 bits per heavy atom. The zero-order valence-corrected chi connectivity index (χ0v) is 11.1. The Bertz CT molecular complexity index is 222. The lowest BCUT2D eigenvalue weighted by atomic mass is 9.95. The van der Waals surface area contributed by atoms with Crippen LogP contribution in [-0.4, -0.2) is 32.5 Å². The monoisotopic (exact) mass is 212 g/mol. The van der Waals surface area contributed by atoms with E-state index in [9.17, 15) is 4.79 Å². The first kappa shape index (κ1) is 11.8. The van der Waals surface area contributed by atoms with Gasteiger partial charge in [-0.3, -0.25) is 4.79 Å². The summed E-state index contributed by atoms with van der Waals surface area (Å²) in [7, 11) is 0.908. The second kappa shape index (κ2) is 4.05. The molecule has 0 saturated carbocycles. The molecule has 1 aliphatic heterocycles. The van der Waals surface area contributed by atoms with Gasteiger partial charge in [0.2, 0.25) is 5.91 Å². The Morgan fingerprint density at radius 1 is 1.50 bits per heavy atom. The molecule has 1 fully saturated rings. The third-order valence-corrected chi connectivity index (χ3v) is 4.47. The molecule has 2 nitrogen and oxygen atoms in total. The number of rotatable bonds is 3. The summed E-state index contributed by atoms with van der Waals surface area (Å²) in [6, 6.07) is 1.26. The smallest absolute Gasteiger partial charge is 0.222 e. The lowest BCUT2D eigenvalue weighted by Gasteiger charge is -2.25. The maximum absolute atomic E-state index is 11.4. The molecule has 0 aliphatic carbocycles. The van der Waals surface area contributed by atoms with Crippen molar-refractivity contribution in [1.29, 1.82) is 0 Å². The first-order valence-electron chi connectivity index (χ1n) is 5.36. The van der Waals surface area contributed by atoms with Crippen LogP contribution in [0.3, 0.4) is 0 Å². The Balaban J connectivity index is 2.47. The fourth-order valence-electron chi connectivity index (χ4n) is 2.17. The molecule has 14 heavy (non-hydrogen) atoms. The van der Waals surface area contributed by atoms with Crippen molar-refractivity contribution >= 4 is 14.0 Å². The second-order valence-electron chi connectivity index (χ2n) is 5.76. The van der Waals surface area contributed by atoms with E-state index in [4.69, 9.17) is 0 Å². The molecule has 1 unspecified atom stereocenters. The van der Waals surface area contributed by atoms with E-state index >= 15 is 0 Å². The van der Waals surface area contributed by atoms with Gasteiger partial charge in [-0.05, 0) is 11.8 Å². The quantitative estimate of drug-likeness (QED) is 0.658. The fourth-order valence-corrected chi connectivity index (χ4v) is 4.14. The molecule has 1 heterocycles. The minimum absolute atomic E-state index is 0.310. The molecule has 1 saturated heterocycles. The Hall–Kier alpha value is -0.313. The highest BCUT2D eigenvalue weighted by Gasteiger charge is 2.33. The van der Waals surface area contributed by atoms with Gasteiger partial charge in [0.1, 0.15) is 0 Å². The van der Waals surface area contributed by atoms with Crippen LogP contribution in [0.2, 0.25) is 25.7 Å². The van der Waals surface area contributed by atoms with Gasteiger partial charge in [0.25, 0.3) is 0 Å². The first-order valence-corrected chi connectivity index (χ1v) is 9.06. The molecular formula is C11H22NOSi. The largest absolute Gasteiger partial charge is 0.345 e. The van der Waals surface area contributed by atoms with Gasteiger partial charge in [-0.25, -0.2) is 0 Å². The average molecular weight is 212 g/mol. The predicted octanol–water partition coefficient (Wildman–Crippen LogP) is 2.40. The highest BCUT2D eigenvalue weighted by atomic mass is 28.3. The number of likely N-dealkylation sites (tertiary alicyclic amines) is 1. The van der Waals surface area contributed by atoms with E-state index in [0.717, 1.165) is 13.0 Å². The highest BCUT2D eigenvalue weighted by Crippen LogP contribution is 2.31. The summed E-state index contributed by atoms with van der Waals surface area (Å²) >= 11 is 0. The van der Waals surface area contributed by atoms with Crippen LogP contribution in [0.5, 0.6) is 0 Å². The molecule has 0 spiro atoms. The summed E-state index contributed by atoms with van der Waals surface area (Å²) in [6.07, 6.45) is 0.743. The lowest BCUT2D eigenvalue weighted by molar-refractivity contribution is -0.126. The topological polar surface area (TPSA) is 20.3 Å². The van der Waals surface area contributed by atoms with Crippen LogP contribution < -0.4 is 0 Å². The van der Waals surface area contributed by atoms with Gasteiger partial charge in [0.05, 0.1) is 0 Å². The molecule has 1 rings (SSSR count). The molecule has 3 heteroatoms. The maximum Gasteiger partial charge on any atom is 0.222 e. The van der Waals surface area contributed by atoms with Gasteiger partial charge >= 0.3 is 0 Å². The van der Waals surface area contributed by atoms with Crippen molar-refractivity contribution in [3.63, 3.8) is 0 Å². The SMILES string of the molecule is C[C](C[Si](C)(C)C)C1CC(=O)N(C)C1. The number of hydrogen-bond acceptors (Lipinski definition) is 1. The number of carbonyl (C=O) groups excluding carboxylic acids is 1. The first-order chi connectivity index (χ1) is 6.29. The van der Waals surface area contributed by atoms with E-state index in [1.165, 1.54) is 6.04 Å². The number of carbonyl (C=O) groups is 1. The van der Waals surface area contributed by atoms with Crippen LogP contribution in [0.1, 0.15) is 13.3 Å². The van der Waals surface area contributed by atoms with E-state index in [0.29, 0.717) is 11.8 Å². The van der Waals surface area contributed by atoms with Gasteiger partial charge in [0, 0.05) is 28.1 Å². The Labute approximate surface area is 88.7 Å².